The summed E-state index contributed by atoms with van der Waals surface area (Å²) < 4.78 is 25.4. The van der Waals surface area contributed by atoms with Gasteiger partial charge in [-0.1, -0.05) is 12.1 Å². The number of hydrogen-bond donors (Lipinski definition) is 1. The van der Waals surface area contributed by atoms with E-state index in [0.717, 1.165) is 4.31 Å². The number of nitro benzene ring substituents is 1. The molecule has 0 saturated carbocycles. The Bertz CT molecular complexity index is 535. The molecule has 7 nitrogen and oxygen atoms in total. The molecule has 1 rings (SSSR count). The molecule has 108 valence electrons. The van der Waals surface area contributed by atoms with E-state index < -0.39 is 20.6 Å². The van der Waals surface area contributed by atoms with Gasteiger partial charge in [-0.25, -0.2) is 8.42 Å². The minimum atomic E-state index is -3.84. The highest BCUT2D eigenvalue weighted by Gasteiger charge is 2.28. The summed E-state index contributed by atoms with van der Waals surface area (Å²) in [6, 6.07) is 5.32. The average molecular weight is 310 g/mol. The van der Waals surface area contributed by atoms with Gasteiger partial charge in [0.25, 0.3) is 5.69 Å². The lowest BCUT2D eigenvalue weighted by atomic mass is 10.3. The topological polar surface area (TPSA) is 92.6 Å². The maximum atomic E-state index is 12.2. The summed E-state index contributed by atoms with van der Waals surface area (Å²) in [5.74, 6) is 0. The molecule has 0 amide bonds. The van der Waals surface area contributed by atoms with Crippen LogP contribution in [-0.4, -0.2) is 44.8 Å². The van der Waals surface area contributed by atoms with Gasteiger partial charge in [0.1, 0.15) is 0 Å². The molecule has 0 aliphatic carbocycles. The second kappa shape index (κ2) is 7.39. The predicted molar refractivity (Wildman–Crippen MR) is 74.1 cm³/mol. The molecule has 0 unspecified atom stereocenters. The maximum Gasteiger partial charge on any atom is 0.289 e. The largest absolute Gasteiger partial charge is 0.318 e. The van der Waals surface area contributed by atoms with E-state index in [2.05, 4.69) is 5.32 Å². The van der Waals surface area contributed by atoms with Crippen LogP contribution in [0.3, 0.4) is 0 Å². The number of para-hydroxylation sites is 1. The van der Waals surface area contributed by atoms with Crippen molar-refractivity contribution in [3.63, 3.8) is 0 Å². The first-order chi connectivity index (χ1) is 8.41. The van der Waals surface area contributed by atoms with Gasteiger partial charge in [-0.15, -0.1) is 12.4 Å². The Hall–Kier alpha value is -1.22. The van der Waals surface area contributed by atoms with E-state index in [1.165, 1.54) is 31.3 Å². The Kier molecular flexibility index (Phi) is 6.91. The van der Waals surface area contributed by atoms with Crippen LogP contribution in [0.4, 0.5) is 5.69 Å². The number of likely N-dealkylation sites (N-methyl/N-ethyl adjacent to an activating group) is 2. The predicted octanol–water partition coefficient (Wildman–Crippen LogP) is 0.857. The molecule has 0 aliphatic rings. The zero-order valence-electron chi connectivity index (χ0n) is 10.6. The van der Waals surface area contributed by atoms with E-state index in [-0.39, 0.29) is 23.8 Å². The fraction of sp³-hybridized carbons (Fsp3) is 0.400. The van der Waals surface area contributed by atoms with Gasteiger partial charge in [0.2, 0.25) is 10.0 Å². The van der Waals surface area contributed by atoms with Crippen molar-refractivity contribution >= 4 is 28.1 Å². The van der Waals surface area contributed by atoms with Crippen molar-refractivity contribution < 1.29 is 13.3 Å². The van der Waals surface area contributed by atoms with Crippen LogP contribution in [0.5, 0.6) is 0 Å². The van der Waals surface area contributed by atoms with E-state index in [4.69, 9.17) is 0 Å². The molecule has 9 heteroatoms. The molecule has 0 atom stereocenters. The number of nitro groups is 1. The van der Waals surface area contributed by atoms with Crippen molar-refractivity contribution in [1.82, 2.24) is 9.62 Å². The van der Waals surface area contributed by atoms with Crippen molar-refractivity contribution in [2.75, 3.05) is 27.2 Å². The number of benzene rings is 1. The van der Waals surface area contributed by atoms with Crippen molar-refractivity contribution in [3.05, 3.63) is 34.4 Å². The van der Waals surface area contributed by atoms with E-state index in [1.807, 2.05) is 0 Å². The first-order valence-corrected chi connectivity index (χ1v) is 6.69. The number of halogens is 1. The SMILES string of the molecule is CNCCN(C)S(=O)(=O)c1ccccc1[N+](=O)[O-].Cl. The van der Waals surface area contributed by atoms with Crippen LogP contribution in [0.1, 0.15) is 0 Å². The van der Waals surface area contributed by atoms with E-state index in [1.54, 1.807) is 7.05 Å². The highest BCUT2D eigenvalue weighted by molar-refractivity contribution is 7.89. The van der Waals surface area contributed by atoms with Crippen LogP contribution < -0.4 is 5.32 Å². The molecule has 0 aromatic heterocycles. The van der Waals surface area contributed by atoms with Gasteiger partial charge in [-0.3, -0.25) is 10.1 Å². The summed E-state index contributed by atoms with van der Waals surface area (Å²) in [6.45, 7) is 0.710. The number of rotatable bonds is 6. The molecule has 0 fully saturated rings. The highest BCUT2D eigenvalue weighted by Crippen LogP contribution is 2.25. The number of nitrogens with zero attached hydrogens (tertiary/aromatic N) is 2. The van der Waals surface area contributed by atoms with Gasteiger partial charge in [-0.05, 0) is 13.1 Å². The van der Waals surface area contributed by atoms with Crippen LogP contribution in [0.25, 0.3) is 0 Å². The zero-order valence-corrected chi connectivity index (χ0v) is 12.2. The third-order valence-corrected chi connectivity index (χ3v) is 4.33. The van der Waals surface area contributed by atoms with Crippen molar-refractivity contribution in [2.45, 2.75) is 4.90 Å². The Balaban J connectivity index is 0.00000324. The molecule has 19 heavy (non-hydrogen) atoms. The molecule has 0 radical (unpaired) electrons. The van der Waals surface area contributed by atoms with Crippen LogP contribution in [0.2, 0.25) is 0 Å². The monoisotopic (exact) mass is 309 g/mol. The van der Waals surface area contributed by atoms with E-state index >= 15 is 0 Å². The molecule has 0 heterocycles. The van der Waals surface area contributed by atoms with Gasteiger partial charge < -0.3 is 5.32 Å². The lowest BCUT2D eigenvalue weighted by molar-refractivity contribution is -0.387. The third kappa shape index (κ3) is 4.13. The summed E-state index contributed by atoms with van der Waals surface area (Å²) in [5, 5.41) is 13.6. The summed E-state index contributed by atoms with van der Waals surface area (Å²) >= 11 is 0. The standard InChI is InChI=1S/C10H15N3O4S.ClH/c1-11-7-8-12(2)18(16,17)10-6-4-3-5-9(10)13(14)15;/h3-6,11H,7-8H2,1-2H3;1H. The zero-order chi connectivity index (χ0) is 13.8. The van der Waals surface area contributed by atoms with Gasteiger partial charge >= 0.3 is 0 Å². The van der Waals surface area contributed by atoms with Crippen LogP contribution in [0.15, 0.2) is 29.2 Å². The van der Waals surface area contributed by atoms with Crippen LogP contribution in [-0.2, 0) is 10.0 Å². The second-order valence-electron chi connectivity index (χ2n) is 3.65. The summed E-state index contributed by atoms with van der Waals surface area (Å²) in [7, 11) is -0.743. The van der Waals surface area contributed by atoms with E-state index in [9.17, 15) is 18.5 Å². The maximum absolute atomic E-state index is 12.2. The molecule has 0 aliphatic heterocycles. The molecular formula is C10H16ClN3O4S. The normalized spacial score (nSPS) is 11.1. The van der Waals surface area contributed by atoms with Gasteiger partial charge in [0, 0.05) is 26.2 Å². The lowest BCUT2D eigenvalue weighted by Gasteiger charge is -2.16. The second-order valence-corrected chi connectivity index (χ2v) is 5.67. The average Bonchev–Trinajstić information content (AvgIpc) is 2.35. The lowest BCUT2D eigenvalue weighted by Crippen LogP contribution is -2.33. The highest BCUT2D eigenvalue weighted by atomic mass is 35.5. The molecule has 0 spiro atoms. The van der Waals surface area contributed by atoms with Crippen LogP contribution in [0, 0.1) is 10.1 Å². The fourth-order valence-electron chi connectivity index (χ4n) is 1.38. The first-order valence-electron chi connectivity index (χ1n) is 5.25. The smallest absolute Gasteiger partial charge is 0.289 e. The molecule has 0 bridgehead atoms. The quantitative estimate of drug-likeness (QED) is 0.621. The summed E-state index contributed by atoms with van der Waals surface area (Å²) in [6.07, 6.45) is 0. The number of nitrogens with one attached hydrogen (secondary N) is 1. The van der Waals surface area contributed by atoms with E-state index in [0.29, 0.717) is 6.54 Å². The van der Waals surface area contributed by atoms with Gasteiger partial charge in [-0.2, -0.15) is 4.31 Å². The van der Waals surface area contributed by atoms with Gasteiger partial charge in [0.15, 0.2) is 4.90 Å². The van der Waals surface area contributed by atoms with Crippen molar-refractivity contribution in [1.29, 1.82) is 0 Å². The minimum Gasteiger partial charge on any atom is -0.318 e. The van der Waals surface area contributed by atoms with Crippen molar-refractivity contribution in [2.24, 2.45) is 0 Å². The fourth-order valence-corrected chi connectivity index (χ4v) is 2.71. The molecule has 1 aromatic carbocycles. The Labute approximate surface area is 118 Å². The summed E-state index contributed by atoms with van der Waals surface area (Å²) in [5.41, 5.74) is -0.409. The Morgan fingerprint density at radius 3 is 2.47 bits per heavy atom. The third-order valence-electron chi connectivity index (χ3n) is 2.43. The van der Waals surface area contributed by atoms with Crippen molar-refractivity contribution in [3.8, 4) is 0 Å². The number of sulfonamides is 1. The Morgan fingerprint density at radius 1 is 1.37 bits per heavy atom. The number of hydrogen-bond acceptors (Lipinski definition) is 5. The van der Waals surface area contributed by atoms with Crippen LogP contribution >= 0.6 is 12.4 Å². The minimum absolute atomic E-state index is 0. The molecule has 1 N–H and O–H groups in total. The Morgan fingerprint density at radius 2 is 1.95 bits per heavy atom. The summed E-state index contributed by atoms with van der Waals surface area (Å²) in [4.78, 5) is 9.84. The first kappa shape index (κ1) is 17.8. The van der Waals surface area contributed by atoms with Gasteiger partial charge in [0.05, 0.1) is 4.92 Å². The molecule has 0 saturated heterocycles. The molecule has 1 aromatic rings. The molecular weight excluding hydrogens is 294 g/mol.